The Morgan fingerprint density at radius 1 is 0.857 bits per heavy atom. The van der Waals surface area contributed by atoms with E-state index in [1.54, 1.807) is 0 Å². The smallest absolute Gasteiger partial charge is 0.255 e. The Labute approximate surface area is 165 Å². The first-order chi connectivity index (χ1) is 13.8. The van der Waals surface area contributed by atoms with Crippen molar-refractivity contribution < 1.29 is 4.79 Å². The van der Waals surface area contributed by atoms with E-state index in [1.807, 2.05) is 42.5 Å². The number of carbonyl (C=O) groups excluding carboxylic acids is 1. The maximum Gasteiger partial charge on any atom is 0.255 e. The summed E-state index contributed by atoms with van der Waals surface area (Å²) in [4.78, 5) is 12.3. The van der Waals surface area contributed by atoms with Crippen LogP contribution in [0.25, 0.3) is 0 Å². The number of rotatable bonds is 5. The van der Waals surface area contributed by atoms with Crippen LogP contribution in [-0.4, -0.2) is 11.9 Å². The van der Waals surface area contributed by atoms with E-state index >= 15 is 0 Å². The number of aryl methyl sites for hydroxylation is 1. The summed E-state index contributed by atoms with van der Waals surface area (Å²) in [5, 5.41) is 6.83. The second-order valence-corrected chi connectivity index (χ2v) is 7.85. The van der Waals surface area contributed by atoms with Crippen molar-refractivity contribution in [3.8, 4) is 0 Å². The number of benzene rings is 3. The molecule has 0 saturated heterocycles. The van der Waals surface area contributed by atoms with Crippen molar-refractivity contribution in [1.29, 1.82) is 0 Å². The van der Waals surface area contributed by atoms with E-state index in [4.69, 9.17) is 0 Å². The van der Waals surface area contributed by atoms with Gasteiger partial charge in [0.1, 0.15) is 0 Å². The van der Waals surface area contributed by atoms with Crippen molar-refractivity contribution in [1.82, 2.24) is 5.32 Å². The summed E-state index contributed by atoms with van der Waals surface area (Å²) in [6, 6.07) is 27.5. The van der Waals surface area contributed by atoms with Crippen LogP contribution in [-0.2, 0) is 6.42 Å². The maximum atomic E-state index is 12.3. The van der Waals surface area contributed by atoms with E-state index in [0.29, 0.717) is 23.6 Å². The van der Waals surface area contributed by atoms with Gasteiger partial charge in [-0.05, 0) is 60.2 Å². The highest BCUT2D eigenvalue weighted by atomic mass is 16.1. The van der Waals surface area contributed by atoms with Crippen LogP contribution in [0.3, 0.4) is 0 Å². The highest BCUT2D eigenvalue weighted by Crippen LogP contribution is 2.44. The molecule has 3 unspecified atom stereocenters. The predicted octanol–water partition coefficient (Wildman–Crippen LogP) is 5.07. The molecule has 5 rings (SSSR count). The minimum atomic E-state index is -0.0702. The van der Waals surface area contributed by atoms with E-state index in [1.165, 1.54) is 36.0 Å². The van der Waals surface area contributed by atoms with Crippen LogP contribution < -0.4 is 10.6 Å². The lowest BCUT2D eigenvalue weighted by atomic mass is 10.1. The summed E-state index contributed by atoms with van der Waals surface area (Å²) in [7, 11) is 0. The highest BCUT2D eigenvalue weighted by Gasteiger charge is 2.40. The Balaban J connectivity index is 1.19. The Kier molecular flexibility index (Phi) is 4.46. The molecule has 3 heteroatoms. The number of nitrogens with one attached hydrogen (secondary N) is 2. The molecule has 3 atom stereocenters. The molecule has 0 radical (unpaired) electrons. The molecular formula is C25H24N2O. The third kappa shape index (κ3) is 3.46. The zero-order valence-corrected chi connectivity index (χ0v) is 15.8. The number of carbonyl (C=O) groups is 1. The molecule has 2 N–H and O–H groups in total. The van der Waals surface area contributed by atoms with Crippen LogP contribution in [0.2, 0.25) is 0 Å². The first-order valence-corrected chi connectivity index (χ1v) is 10.1. The summed E-state index contributed by atoms with van der Waals surface area (Å²) in [5.74, 6) is 0.505. The zero-order chi connectivity index (χ0) is 18.9. The average molecular weight is 368 g/mol. The highest BCUT2D eigenvalue weighted by molar-refractivity contribution is 6.04. The first-order valence-electron chi connectivity index (χ1n) is 10.1. The van der Waals surface area contributed by atoms with Crippen LogP contribution in [0.1, 0.15) is 51.8 Å². The minimum Gasteiger partial charge on any atom is -0.322 e. The Hall–Kier alpha value is -2.91. The van der Waals surface area contributed by atoms with Gasteiger partial charge in [0.25, 0.3) is 5.91 Å². The van der Waals surface area contributed by atoms with Gasteiger partial charge in [0.2, 0.25) is 0 Å². The molecule has 1 amide bonds. The lowest BCUT2D eigenvalue weighted by Gasteiger charge is -2.14. The van der Waals surface area contributed by atoms with Gasteiger partial charge in [-0.1, -0.05) is 54.6 Å². The van der Waals surface area contributed by atoms with Gasteiger partial charge in [0, 0.05) is 29.3 Å². The fraction of sp³-hybridized carbons (Fsp3) is 0.240. The lowest BCUT2D eigenvalue weighted by Crippen LogP contribution is -2.22. The van der Waals surface area contributed by atoms with E-state index in [2.05, 4.69) is 47.0 Å². The number of fused-ring (bicyclic) bond motifs is 1. The van der Waals surface area contributed by atoms with Crippen LogP contribution >= 0.6 is 0 Å². The van der Waals surface area contributed by atoms with Gasteiger partial charge in [-0.15, -0.1) is 0 Å². The largest absolute Gasteiger partial charge is 0.322 e. The van der Waals surface area contributed by atoms with E-state index in [0.717, 1.165) is 5.69 Å². The molecule has 1 fully saturated rings. The van der Waals surface area contributed by atoms with Crippen LogP contribution in [0.15, 0.2) is 78.9 Å². The van der Waals surface area contributed by atoms with Crippen LogP contribution in [0, 0.1) is 0 Å². The number of hydrogen-bond acceptors (Lipinski definition) is 2. The zero-order valence-electron chi connectivity index (χ0n) is 15.8. The van der Waals surface area contributed by atoms with Crippen molar-refractivity contribution in [2.75, 3.05) is 5.32 Å². The van der Waals surface area contributed by atoms with Gasteiger partial charge < -0.3 is 10.6 Å². The van der Waals surface area contributed by atoms with Gasteiger partial charge in [-0.2, -0.15) is 0 Å². The maximum absolute atomic E-state index is 12.3. The van der Waals surface area contributed by atoms with E-state index < -0.39 is 0 Å². The third-order valence-electron chi connectivity index (χ3n) is 5.97. The molecule has 0 spiro atoms. The van der Waals surface area contributed by atoms with Gasteiger partial charge in [-0.3, -0.25) is 4.79 Å². The van der Waals surface area contributed by atoms with Crippen molar-refractivity contribution in [2.45, 2.75) is 37.3 Å². The fourth-order valence-corrected chi connectivity index (χ4v) is 4.34. The monoisotopic (exact) mass is 368 g/mol. The Bertz CT molecular complexity index is 981. The molecular weight excluding hydrogens is 344 g/mol. The minimum absolute atomic E-state index is 0.0702. The van der Waals surface area contributed by atoms with Crippen molar-refractivity contribution >= 4 is 11.6 Å². The SMILES string of the molecule is O=C(Nc1ccc(C2CC2NC2CCc3ccccc32)cc1)c1ccccc1. The topological polar surface area (TPSA) is 41.1 Å². The molecule has 0 aromatic heterocycles. The number of anilines is 1. The van der Waals surface area contributed by atoms with Gasteiger partial charge in [0.15, 0.2) is 0 Å². The molecule has 0 aliphatic heterocycles. The normalized spacial score (nSPS) is 22.5. The lowest BCUT2D eigenvalue weighted by molar-refractivity contribution is 0.102. The molecule has 2 aliphatic rings. The second kappa shape index (κ2) is 7.25. The van der Waals surface area contributed by atoms with Crippen molar-refractivity contribution in [3.05, 3.63) is 101 Å². The van der Waals surface area contributed by atoms with E-state index in [9.17, 15) is 4.79 Å². The van der Waals surface area contributed by atoms with Crippen LogP contribution in [0.4, 0.5) is 5.69 Å². The number of amides is 1. The van der Waals surface area contributed by atoms with Gasteiger partial charge in [-0.25, -0.2) is 0 Å². The molecule has 0 bridgehead atoms. The molecule has 2 aliphatic carbocycles. The molecule has 0 heterocycles. The Morgan fingerprint density at radius 2 is 1.61 bits per heavy atom. The standard InChI is InChI=1S/C25H24N2O/c28-25(19-7-2-1-3-8-19)26-20-13-10-18(11-14-20)22-16-24(22)27-23-15-12-17-6-4-5-9-21(17)23/h1-11,13-14,22-24,27H,12,15-16H2,(H,26,28). The predicted molar refractivity (Wildman–Crippen MR) is 113 cm³/mol. The first kappa shape index (κ1) is 17.2. The average Bonchev–Trinajstić information content (AvgIpc) is 3.40. The quantitative estimate of drug-likeness (QED) is 0.660. The van der Waals surface area contributed by atoms with Crippen molar-refractivity contribution in [2.24, 2.45) is 0 Å². The summed E-state index contributed by atoms with van der Waals surface area (Å²) in [6.07, 6.45) is 3.57. The summed E-state index contributed by atoms with van der Waals surface area (Å²) in [6.45, 7) is 0. The third-order valence-corrected chi connectivity index (χ3v) is 5.97. The number of hydrogen-bond donors (Lipinski definition) is 2. The molecule has 3 aromatic rings. The molecule has 3 nitrogen and oxygen atoms in total. The van der Waals surface area contributed by atoms with Crippen molar-refractivity contribution in [3.63, 3.8) is 0 Å². The second-order valence-electron chi connectivity index (χ2n) is 7.85. The van der Waals surface area contributed by atoms with Gasteiger partial charge >= 0.3 is 0 Å². The summed E-state index contributed by atoms with van der Waals surface area (Å²) < 4.78 is 0. The molecule has 28 heavy (non-hydrogen) atoms. The molecule has 3 aromatic carbocycles. The molecule has 1 saturated carbocycles. The van der Waals surface area contributed by atoms with Gasteiger partial charge in [0.05, 0.1) is 0 Å². The van der Waals surface area contributed by atoms with Crippen LogP contribution in [0.5, 0.6) is 0 Å². The van der Waals surface area contributed by atoms with E-state index in [-0.39, 0.29) is 5.91 Å². The fourth-order valence-electron chi connectivity index (χ4n) is 4.34. The summed E-state index contributed by atoms with van der Waals surface area (Å²) in [5.41, 5.74) is 5.84. The molecule has 140 valence electrons. The Morgan fingerprint density at radius 3 is 2.43 bits per heavy atom. The summed E-state index contributed by atoms with van der Waals surface area (Å²) >= 11 is 0.